The van der Waals surface area contributed by atoms with Crippen LogP contribution in [0.25, 0.3) is 21.9 Å². The minimum Gasteiger partial charge on any atom is -0.346 e. The minimum atomic E-state index is -0.198. The SMILES string of the molecule is CC(C)C[C@@H](NC(=O)CCn1cnc2ccccc2c1=O)c1nc2ccccc2n1C. The molecule has 1 N–H and O–H groups in total. The maximum atomic E-state index is 12.8. The zero-order valence-electron chi connectivity index (χ0n) is 18.1. The third-order valence-electron chi connectivity index (χ3n) is 5.49. The molecular weight excluding hydrogens is 390 g/mol. The number of imidazole rings is 1. The molecule has 4 aromatic rings. The molecule has 0 aliphatic heterocycles. The highest BCUT2D eigenvalue weighted by molar-refractivity contribution is 5.78. The third-order valence-corrected chi connectivity index (χ3v) is 5.49. The smallest absolute Gasteiger partial charge is 0.261 e. The van der Waals surface area contributed by atoms with Gasteiger partial charge >= 0.3 is 0 Å². The van der Waals surface area contributed by atoms with Crippen LogP contribution in [0.2, 0.25) is 0 Å². The van der Waals surface area contributed by atoms with Crippen molar-refractivity contribution < 1.29 is 4.79 Å². The van der Waals surface area contributed by atoms with E-state index < -0.39 is 0 Å². The van der Waals surface area contributed by atoms with Crippen LogP contribution in [0.5, 0.6) is 0 Å². The van der Waals surface area contributed by atoms with Gasteiger partial charge in [-0.2, -0.15) is 0 Å². The Morgan fingerprint density at radius 3 is 2.52 bits per heavy atom. The second-order valence-corrected chi connectivity index (χ2v) is 8.28. The van der Waals surface area contributed by atoms with Gasteiger partial charge in [-0.3, -0.25) is 14.2 Å². The van der Waals surface area contributed by atoms with Gasteiger partial charge < -0.3 is 9.88 Å². The number of aryl methyl sites for hydroxylation is 2. The van der Waals surface area contributed by atoms with Crippen molar-refractivity contribution in [2.24, 2.45) is 13.0 Å². The molecule has 0 radical (unpaired) electrons. The molecule has 0 bridgehead atoms. The molecule has 1 atom stereocenters. The zero-order chi connectivity index (χ0) is 22.0. The van der Waals surface area contributed by atoms with E-state index in [0.29, 0.717) is 16.8 Å². The molecule has 31 heavy (non-hydrogen) atoms. The predicted molar refractivity (Wildman–Crippen MR) is 122 cm³/mol. The van der Waals surface area contributed by atoms with Gasteiger partial charge in [-0.1, -0.05) is 38.1 Å². The largest absolute Gasteiger partial charge is 0.346 e. The van der Waals surface area contributed by atoms with Crippen LogP contribution >= 0.6 is 0 Å². The second kappa shape index (κ2) is 8.71. The third kappa shape index (κ3) is 4.35. The van der Waals surface area contributed by atoms with Gasteiger partial charge in [0.05, 0.1) is 34.3 Å². The molecule has 0 unspecified atom stereocenters. The van der Waals surface area contributed by atoms with Crippen molar-refractivity contribution in [2.75, 3.05) is 0 Å². The molecule has 2 heterocycles. The first-order chi connectivity index (χ1) is 14.9. The highest BCUT2D eigenvalue weighted by Gasteiger charge is 2.22. The summed E-state index contributed by atoms with van der Waals surface area (Å²) in [4.78, 5) is 34.5. The van der Waals surface area contributed by atoms with Crippen LogP contribution in [0.4, 0.5) is 0 Å². The predicted octanol–water partition coefficient (Wildman–Crippen LogP) is 3.58. The van der Waals surface area contributed by atoms with Crippen molar-refractivity contribution in [2.45, 2.75) is 39.3 Å². The van der Waals surface area contributed by atoms with E-state index in [1.165, 1.54) is 10.9 Å². The summed E-state index contributed by atoms with van der Waals surface area (Å²) >= 11 is 0. The fourth-order valence-electron chi connectivity index (χ4n) is 3.93. The summed E-state index contributed by atoms with van der Waals surface area (Å²) in [6.07, 6.45) is 2.48. The molecule has 7 nitrogen and oxygen atoms in total. The lowest BCUT2D eigenvalue weighted by molar-refractivity contribution is -0.122. The highest BCUT2D eigenvalue weighted by atomic mass is 16.2. The van der Waals surface area contributed by atoms with Crippen molar-refractivity contribution in [1.82, 2.24) is 24.4 Å². The average molecular weight is 418 g/mol. The van der Waals surface area contributed by atoms with Crippen molar-refractivity contribution in [3.05, 3.63) is 71.0 Å². The lowest BCUT2D eigenvalue weighted by Crippen LogP contribution is -2.32. The van der Waals surface area contributed by atoms with Gasteiger partial charge in [-0.15, -0.1) is 0 Å². The topological polar surface area (TPSA) is 81.8 Å². The van der Waals surface area contributed by atoms with Gasteiger partial charge in [0.15, 0.2) is 0 Å². The quantitative estimate of drug-likeness (QED) is 0.498. The number of rotatable bonds is 7. The lowest BCUT2D eigenvalue weighted by atomic mass is 10.0. The molecule has 1 amide bonds. The highest BCUT2D eigenvalue weighted by Crippen LogP contribution is 2.24. The summed E-state index contributed by atoms with van der Waals surface area (Å²) in [5, 5.41) is 3.69. The van der Waals surface area contributed by atoms with Crippen LogP contribution in [0.15, 0.2) is 59.7 Å². The van der Waals surface area contributed by atoms with Gasteiger partial charge in [0.1, 0.15) is 5.82 Å². The summed E-state index contributed by atoms with van der Waals surface area (Å²) in [5.41, 5.74) is 2.48. The van der Waals surface area contributed by atoms with Gasteiger partial charge in [-0.05, 0) is 36.6 Å². The Labute approximate surface area is 180 Å². The first-order valence-corrected chi connectivity index (χ1v) is 10.6. The monoisotopic (exact) mass is 417 g/mol. The summed E-state index contributed by atoms with van der Waals surface area (Å²) in [7, 11) is 1.98. The number of carbonyl (C=O) groups is 1. The summed E-state index contributed by atoms with van der Waals surface area (Å²) in [5.74, 6) is 1.11. The Kier molecular flexibility index (Phi) is 5.84. The molecule has 160 valence electrons. The number of nitrogens with one attached hydrogen (secondary N) is 1. The Bertz CT molecular complexity index is 1290. The summed E-state index contributed by atoms with van der Waals surface area (Å²) < 4.78 is 3.54. The van der Waals surface area contributed by atoms with Gasteiger partial charge in [-0.25, -0.2) is 9.97 Å². The Balaban J connectivity index is 1.51. The molecule has 2 aromatic heterocycles. The second-order valence-electron chi connectivity index (χ2n) is 8.28. The molecule has 0 saturated carbocycles. The van der Waals surface area contributed by atoms with Crippen molar-refractivity contribution >= 4 is 27.8 Å². The normalized spacial score (nSPS) is 12.5. The number of amides is 1. The van der Waals surface area contributed by atoms with E-state index in [0.717, 1.165) is 23.3 Å². The lowest BCUT2D eigenvalue weighted by Gasteiger charge is -2.20. The molecule has 0 spiro atoms. The van der Waals surface area contributed by atoms with Crippen LogP contribution in [0.3, 0.4) is 0 Å². The van der Waals surface area contributed by atoms with E-state index in [9.17, 15) is 9.59 Å². The van der Waals surface area contributed by atoms with Crippen LogP contribution in [0, 0.1) is 5.92 Å². The zero-order valence-corrected chi connectivity index (χ0v) is 18.1. The Morgan fingerprint density at radius 2 is 1.77 bits per heavy atom. The fourth-order valence-corrected chi connectivity index (χ4v) is 3.93. The molecule has 4 rings (SSSR count). The molecule has 7 heteroatoms. The summed E-state index contributed by atoms with van der Waals surface area (Å²) in [6, 6.07) is 15.0. The van der Waals surface area contributed by atoms with Crippen LogP contribution in [0.1, 0.15) is 38.6 Å². The number of benzene rings is 2. The maximum absolute atomic E-state index is 12.8. The first-order valence-electron chi connectivity index (χ1n) is 10.6. The van der Waals surface area contributed by atoms with E-state index in [4.69, 9.17) is 4.98 Å². The van der Waals surface area contributed by atoms with Gasteiger partial charge in [0, 0.05) is 20.0 Å². The number of hydrogen-bond acceptors (Lipinski definition) is 4. The van der Waals surface area contributed by atoms with Crippen molar-refractivity contribution in [1.29, 1.82) is 0 Å². The van der Waals surface area contributed by atoms with Gasteiger partial charge in [0.2, 0.25) is 5.91 Å². The molecule has 0 aliphatic carbocycles. The van der Waals surface area contributed by atoms with Crippen molar-refractivity contribution in [3.63, 3.8) is 0 Å². The van der Waals surface area contributed by atoms with Crippen LogP contribution in [-0.2, 0) is 18.4 Å². The number of carbonyl (C=O) groups excluding carboxylic acids is 1. The van der Waals surface area contributed by atoms with E-state index >= 15 is 0 Å². The number of aromatic nitrogens is 4. The van der Waals surface area contributed by atoms with Crippen molar-refractivity contribution in [3.8, 4) is 0 Å². The molecule has 2 aromatic carbocycles. The van der Waals surface area contributed by atoms with E-state index in [1.54, 1.807) is 12.1 Å². The average Bonchev–Trinajstić information content (AvgIpc) is 3.09. The Hall–Kier alpha value is -3.48. The number of hydrogen-bond donors (Lipinski definition) is 1. The molecule has 0 aliphatic rings. The summed E-state index contributed by atoms with van der Waals surface area (Å²) in [6.45, 7) is 4.53. The minimum absolute atomic E-state index is 0.113. The fraction of sp³-hybridized carbons (Fsp3) is 0.333. The van der Waals surface area contributed by atoms with E-state index in [1.807, 2.05) is 48.0 Å². The molecular formula is C24H27N5O2. The first kappa shape index (κ1) is 20.8. The van der Waals surface area contributed by atoms with Crippen LogP contribution < -0.4 is 10.9 Å². The molecule has 0 saturated heterocycles. The van der Waals surface area contributed by atoms with Crippen LogP contribution in [-0.4, -0.2) is 25.0 Å². The number of nitrogens with zero attached hydrogens (tertiary/aromatic N) is 4. The van der Waals surface area contributed by atoms with Gasteiger partial charge in [0.25, 0.3) is 5.56 Å². The van der Waals surface area contributed by atoms with E-state index in [-0.39, 0.29) is 30.5 Å². The van der Waals surface area contributed by atoms with E-state index in [2.05, 4.69) is 24.1 Å². The molecule has 0 fully saturated rings. The standard InChI is InChI=1S/C24H27N5O2/c1-16(2)14-20(23-27-19-10-6-7-11-21(19)28(23)3)26-22(30)12-13-29-15-25-18-9-5-4-8-17(18)24(29)31/h4-11,15-16,20H,12-14H2,1-3H3,(H,26,30)/t20-/m1/s1. The maximum Gasteiger partial charge on any atom is 0.261 e. The Morgan fingerprint density at radius 1 is 1.06 bits per heavy atom. The number of para-hydroxylation sites is 3. The number of fused-ring (bicyclic) bond motifs is 2.